The van der Waals surface area contributed by atoms with E-state index in [-0.39, 0.29) is 5.57 Å². The summed E-state index contributed by atoms with van der Waals surface area (Å²) in [5, 5.41) is 2.24. The number of nitrogens with zero attached hydrogens (tertiary/aromatic N) is 1. The number of hydrogen-bond donors (Lipinski definition) is 1. The van der Waals surface area contributed by atoms with Gasteiger partial charge in [-0.1, -0.05) is 36.8 Å². The van der Waals surface area contributed by atoms with E-state index in [1.165, 1.54) is 18.7 Å². The van der Waals surface area contributed by atoms with Crippen molar-refractivity contribution in [3.05, 3.63) is 87.4 Å². The smallest absolute Gasteiger partial charge is 0.335 e. The maximum atomic E-state index is 13.3. The number of halogens is 1. The van der Waals surface area contributed by atoms with Crippen molar-refractivity contribution in [1.82, 2.24) is 5.32 Å². The van der Waals surface area contributed by atoms with Crippen LogP contribution in [-0.2, 0) is 16.2 Å². The summed E-state index contributed by atoms with van der Waals surface area (Å²) in [6.45, 7) is 4.89. The van der Waals surface area contributed by atoms with Crippen LogP contribution in [0.25, 0.3) is 6.08 Å². The van der Waals surface area contributed by atoms with Crippen LogP contribution in [0, 0.1) is 6.92 Å². The summed E-state index contributed by atoms with van der Waals surface area (Å²) in [5.41, 5.74) is 2.81. The summed E-state index contributed by atoms with van der Waals surface area (Å²) < 4.78 is 17.6. The number of benzene rings is 3. The molecule has 1 saturated heterocycles. The molecule has 4 amide bonds. The fourth-order valence-corrected chi connectivity index (χ4v) is 4.34. The molecule has 1 aliphatic heterocycles. The minimum Gasteiger partial charge on any atom is -0.493 e. The quantitative estimate of drug-likeness (QED) is 0.255. The Morgan fingerprint density at radius 1 is 0.974 bits per heavy atom. The third-order valence-corrected chi connectivity index (χ3v) is 6.33. The molecule has 38 heavy (non-hydrogen) atoms. The monoisotopic (exact) mass is 578 g/mol. The Labute approximate surface area is 229 Å². The first-order chi connectivity index (χ1) is 18.3. The molecule has 0 bridgehead atoms. The van der Waals surface area contributed by atoms with Gasteiger partial charge in [-0.05, 0) is 82.9 Å². The van der Waals surface area contributed by atoms with E-state index in [9.17, 15) is 14.4 Å². The molecular weight excluding hydrogens is 552 g/mol. The molecule has 0 saturated carbocycles. The molecule has 1 heterocycles. The first-order valence-corrected chi connectivity index (χ1v) is 12.8. The SMILES string of the molecule is CCCOc1c(Br)cc(/C=C2\C(=O)NC(=O)N(c3ccc(OCc4ccc(C)cc4)cc3)C2=O)cc1OC. The Morgan fingerprint density at radius 3 is 2.34 bits per heavy atom. The average molecular weight is 579 g/mol. The van der Waals surface area contributed by atoms with Gasteiger partial charge < -0.3 is 14.2 Å². The van der Waals surface area contributed by atoms with Crippen LogP contribution in [0.2, 0.25) is 0 Å². The molecule has 1 aliphatic rings. The molecule has 3 aromatic carbocycles. The van der Waals surface area contributed by atoms with Crippen molar-refractivity contribution in [2.75, 3.05) is 18.6 Å². The Bertz CT molecular complexity index is 1380. The van der Waals surface area contributed by atoms with Gasteiger partial charge >= 0.3 is 6.03 Å². The molecule has 9 heteroatoms. The van der Waals surface area contributed by atoms with E-state index in [1.54, 1.807) is 36.4 Å². The fraction of sp³-hybridized carbons (Fsp3) is 0.207. The Hall–Kier alpha value is -4.11. The van der Waals surface area contributed by atoms with E-state index in [1.807, 2.05) is 38.1 Å². The van der Waals surface area contributed by atoms with Gasteiger partial charge in [0.1, 0.15) is 17.9 Å². The van der Waals surface area contributed by atoms with Crippen molar-refractivity contribution in [2.24, 2.45) is 0 Å². The topological polar surface area (TPSA) is 94.2 Å². The van der Waals surface area contributed by atoms with Gasteiger partial charge in [0.15, 0.2) is 11.5 Å². The zero-order valence-corrected chi connectivity index (χ0v) is 22.8. The lowest BCUT2D eigenvalue weighted by Crippen LogP contribution is -2.54. The highest BCUT2D eigenvalue weighted by Crippen LogP contribution is 2.37. The molecule has 4 rings (SSSR count). The van der Waals surface area contributed by atoms with E-state index < -0.39 is 17.8 Å². The summed E-state index contributed by atoms with van der Waals surface area (Å²) in [6.07, 6.45) is 2.23. The van der Waals surface area contributed by atoms with E-state index >= 15 is 0 Å². The van der Waals surface area contributed by atoms with Crippen LogP contribution in [0.3, 0.4) is 0 Å². The number of imide groups is 2. The Morgan fingerprint density at radius 2 is 1.68 bits per heavy atom. The molecule has 0 aliphatic carbocycles. The van der Waals surface area contributed by atoms with Gasteiger partial charge in [0.25, 0.3) is 11.8 Å². The number of amides is 4. The van der Waals surface area contributed by atoms with Gasteiger partial charge in [0, 0.05) is 0 Å². The predicted octanol–water partition coefficient (Wildman–Crippen LogP) is 5.80. The maximum Gasteiger partial charge on any atom is 0.335 e. The highest BCUT2D eigenvalue weighted by Gasteiger charge is 2.37. The zero-order chi connectivity index (χ0) is 27.2. The molecule has 1 fully saturated rings. The van der Waals surface area contributed by atoms with E-state index in [0.717, 1.165) is 16.9 Å². The highest BCUT2D eigenvalue weighted by molar-refractivity contribution is 9.10. The van der Waals surface area contributed by atoms with Crippen molar-refractivity contribution in [2.45, 2.75) is 26.9 Å². The largest absolute Gasteiger partial charge is 0.493 e. The van der Waals surface area contributed by atoms with Crippen LogP contribution in [-0.4, -0.2) is 31.6 Å². The van der Waals surface area contributed by atoms with Crippen molar-refractivity contribution >= 4 is 45.5 Å². The number of hydrogen-bond acceptors (Lipinski definition) is 6. The van der Waals surface area contributed by atoms with E-state index in [2.05, 4.69) is 21.2 Å². The van der Waals surface area contributed by atoms with Gasteiger partial charge in [0.05, 0.1) is 23.9 Å². The molecule has 3 aromatic rings. The van der Waals surface area contributed by atoms with Crippen molar-refractivity contribution < 1.29 is 28.6 Å². The Kier molecular flexibility index (Phi) is 8.48. The zero-order valence-electron chi connectivity index (χ0n) is 21.2. The Balaban J connectivity index is 1.55. The molecule has 0 spiro atoms. The van der Waals surface area contributed by atoms with Gasteiger partial charge in [-0.15, -0.1) is 0 Å². The number of barbiturate groups is 1. The third-order valence-electron chi connectivity index (χ3n) is 5.74. The molecule has 1 N–H and O–H groups in total. The fourth-order valence-electron chi connectivity index (χ4n) is 3.77. The lowest BCUT2D eigenvalue weighted by molar-refractivity contribution is -0.122. The average Bonchev–Trinajstić information content (AvgIpc) is 2.90. The van der Waals surface area contributed by atoms with E-state index in [0.29, 0.717) is 46.2 Å². The first-order valence-electron chi connectivity index (χ1n) is 12.0. The van der Waals surface area contributed by atoms with Crippen molar-refractivity contribution in [3.8, 4) is 17.2 Å². The molecule has 0 atom stereocenters. The highest BCUT2D eigenvalue weighted by atomic mass is 79.9. The number of nitrogens with one attached hydrogen (secondary N) is 1. The van der Waals surface area contributed by atoms with Gasteiger partial charge in [0.2, 0.25) is 0 Å². The second-order valence-electron chi connectivity index (χ2n) is 8.61. The molecular formula is C29H27BrN2O6. The maximum absolute atomic E-state index is 13.3. The number of methoxy groups -OCH3 is 1. The minimum atomic E-state index is -0.826. The molecule has 8 nitrogen and oxygen atoms in total. The summed E-state index contributed by atoms with van der Waals surface area (Å²) in [5.74, 6) is 0.0208. The van der Waals surface area contributed by atoms with Crippen LogP contribution in [0.1, 0.15) is 30.0 Å². The number of urea groups is 1. The van der Waals surface area contributed by atoms with Crippen LogP contribution in [0.15, 0.2) is 70.7 Å². The van der Waals surface area contributed by atoms with E-state index in [4.69, 9.17) is 14.2 Å². The van der Waals surface area contributed by atoms with Gasteiger partial charge in [-0.3, -0.25) is 14.9 Å². The second-order valence-corrected chi connectivity index (χ2v) is 9.46. The van der Waals surface area contributed by atoms with Crippen LogP contribution in [0.4, 0.5) is 10.5 Å². The lowest BCUT2D eigenvalue weighted by atomic mass is 10.1. The minimum absolute atomic E-state index is 0.194. The van der Waals surface area contributed by atoms with Crippen molar-refractivity contribution in [3.63, 3.8) is 0 Å². The number of ether oxygens (including phenoxy) is 3. The normalized spacial score (nSPS) is 14.5. The first kappa shape index (κ1) is 26.9. The number of carbonyl (C=O) groups excluding carboxylic acids is 3. The van der Waals surface area contributed by atoms with Crippen LogP contribution >= 0.6 is 15.9 Å². The second kappa shape index (κ2) is 12.0. The van der Waals surface area contributed by atoms with Gasteiger partial charge in [-0.25, -0.2) is 9.69 Å². The van der Waals surface area contributed by atoms with Crippen LogP contribution < -0.4 is 24.4 Å². The predicted molar refractivity (Wildman–Crippen MR) is 147 cm³/mol. The standard InChI is InChI=1S/C29H27BrN2O6/c1-4-13-37-26-24(30)15-20(16-25(26)36-3)14-23-27(33)31-29(35)32(28(23)34)21-9-11-22(12-10-21)38-17-19-7-5-18(2)6-8-19/h5-12,14-16H,4,13,17H2,1-3H3,(H,31,33,35)/b23-14+. The third kappa shape index (κ3) is 6.06. The van der Waals surface area contributed by atoms with Gasteiger partial charge in [-0.2, -0.15) is 0 Å². The summed E-state index contributed by atoms with van der Waals surface area (Å²) >= 11 is 3.46. The molecule has 0 aromatic heterocycles. The summed E-state index contributed by atoms with van der Waals surface area (Å²) in [4.78, 5) is 39.4. The summed E-state index contributed by atoms with van der Waals surface area (Å²) in [7, 11) is 1.50. The lowest BCUT2D eigenvalue weighted by Gasteiger charge is -2.26. The molecule has 196 valence electrons. The molecule has 0 radical (unpaired) electrons. The number of rotatable bonds is 9. The number of carbonyl (C=O) groups is 3. The molecule has 0 unspecified atom stereocenters. The number of aryl methyl sites for hydroxylation is 1. The van der Waals surface area contributed by atoms with Crippen LogP contribution in [0.5, 0.6) is 17.2 Å². The van der Waals surface area contributed by atoms with Crippen molar-refractivity contribution in [1.29, 1.82) is 0 Å². The number of anilines is 1. The summed E-state index contributed by atoms with van der Waals surface area (Å²) in [6, 6.07) is 17.1.